The molecule has 8 heteroatoms. The molecule has 0 unspecified atom stereocenters. The Balaban J connectivity index is 1.43. The maximum absolute atomic E-state index is 12.7. The second kappa shape index (κ2) is 8.24. The van der Waals surface area contributed by atoms with Crippen molar-refractivity contribution in [2.45, 2.75) is 30.2 Å². The predicted molar refractivity (Wildman–Crippen MR) is 107 cm³/mol. The molecule has 0 aromatic heterocycles. The molecule has 1 fully saturated rings. The van der Waals surface area contributed by atoms with Crippen molar-refractivity contribution >= 4 is 21.8 Å². The summed E-state index contributed by atoms with van der Waals surface area (Å²) >= 11 is 0. The smallest absolute Gasteiger partial charge is 0.328 e. The van der Waals surface area contributed by atoms with E-state index in [1.165, 1.54) is 0 Å². The molecule has 152 valence electrons. The Kier molecular flexibility index (Phi) is 5.53. The average molecular weight is 414 g/mol. The fourth-order valence-corrected chi connectivity index (χ4v) is 4.86. The quantitative estimate of drug-likeness (QED) is 0.552. The second-order valence-corrected chi connectivity index (χ2v) is 8.49. The third-order valence-corrected chi connectivity index (χ3v) is 6.32. The highest BCUT2D eigenvalue weighted by Crippen LogP contribution is 2.30. The van der Waals surface area contributed by atoms with E-state index in [1.54, 1.807) is 29.2 Å². The van der Waals surface area contributed by atoms with Crippen LogP contribution in [0.15, 0.2) is 63.9 Å². The minimum Gasteiger partial charge on any atom is -0.490 e. The lowest BCUT2D eigenvalue weighted by molar-refractivity contribution is -0.150. The number of carbonyl (C=O) groups is 1. The maximum Gasteiger partial charge on any atom is 0.328 e. The Morgan fingerprint density at radius 1 is 1.03 bits per heavy atom. The van der Waals surface area contributed by atoms with E-state index in [0.717, 1.165) is 12.8 Å². The SMILES string of the molecule is O=C(OCCOc1ccccc1)[C@H]1CCCCN1C1=NS(=O)(=O)c2ccccc21. The first-order valence-corrected chi connectivity index (χ1v) is 11.1. The molecule has 0 spiro atoms. The van der Waals surface area contributed by atoms with Gasteiger partial charge in [0.15, 0.2) is 5.84 Å². The van der Waals surface area contributed by atoms with E-state index in [4.69, 9.17) is 9.47 Å². The van der Waals surface area contributed by atoms with Crippen LogP contribution in [0.1, 0.15) is 24.8 Å². The highest BCUT2D eigenvalue weighted by molar-refractivity contribution is 7.90. The van der Waals surface area contributed by atoms with Gasteiger partial charge in [-0.2, -0.15) is 8.42 Å². The summed E-state index contributed by atoms with van der Waals surface area (Å²) in [6, 6.07) is 15.5. The molecule has 2 aromatic rings. The van der Waals surface area contributed by atoms with Crippen LogP contribution in [0.2, 0.25) is 0 Å². The molecule has 1 atom stereocenters. The van der Waals surface area contributed by atoms with E-state index in [2.05, 4.69) is 4.40 Å². The van der Waals surface area contributed by atoms with Crippen molar-refractivity contribution in [2.24, 2.45) is 4.40 Å². The Morgan fingerprint density at radius 2 is 1.79 bits per heavy atom. The normalized spacial score (nSPS) is 19.9. The van der Waals surface area contributed by atoms with Crippen LogP contribution in [-0.2, 0) is 19.6 Å². The number of para-hydroxylation sites is 1. The summed E-state index contributed by atoms with van der Waals surface area (Å²) in [6.07, 6.45) is 2.33. The van der Waals surface area contributed by atoms with Gasteiger partial charge in [0.05, 0.1) is 0 Å². The summed E-state index contributed by atoms with van der Waals surface area (Å²) in [4.78, 5) is 14.7. The van der Waals surface area contributed by atoms with E-state index in [9.17, 15) is 13.2 Å². The van der Waals surface area contributed by atoms with Crippen molar-refractivity contribution in [1.82, 2.24) is 4.90 Å². The first kappa shape index (κ1) is 19.4. The number of benzene rings is 2. The van der Waals surface area contributed by atoms with Gasteiger partial charge in [0.2, 0.25) is 0 Å². The van der Waals surface area contributed by atoms with Crippen molar-refractivity contribution in [3.05, 3.63) is 60.2 Å². The van der Waals surface area contributed by atoms with Crippen molar-refractivity contribution in [3.8, 4) is 5.75 Å². The van der Waals surface area contributed by atoms with Gasteiger partial charge in [-0.3, -0.25) is 0 Å². The van der Waals surface area contributed by atoms with Crippen LogP contribution in [0.5, 0.6) is 5.75 Å². The molecule has 2 aromatic carbocycles. The van der Waals surface area contributed by atoms with Crippen LogP contribution in [0.25, 0.3) is 0 Å². The predicted octanol–water partition coefficient (Wildman–Crippen LogP) is 2.61. The largest absolute Gasteiger partial charge is 0.490 e. The van der Waals surface area contributed by atoms with E-state index < -0.39 is 16.1 Å². The monoisotopic (exact) mass is 414 g/mol. The van der Waals surface area contributed by atoms with Crippen molar-refractivity contribution in [3.63, 3.8) is 0 Å². The number of fused-ring (bicyclic) bond motifs is 1. The first-order chi connectivity index (χ1) is 14.1. The molecule has 0 saturated carbocycles. The third kappa shape index (κ3) is 4.12. The lowest BCUT2D eigenvalue weighted by Gasteiger charge is -2.35. The van der Waals surface area contributed by atoms with Crippen molar-refractivity contribution < 1.29 is 22.7 Å². The molecule has 2 aliphatic rings. The van der Waals surface area contributed by atoms with Gasteiger partial charge in [0.25, 0.3) is 10.0 Å². The molecular weight excluding hydrogens is 392 g/mol. The number of esters is 1. The number of piperidine rings is 1. The van der Waals surface area contributed by atoms with Gasteiger partial charge >= 0.3 is 5.97 Å². The van der Waals surface area contributed by atoms with Crippen LogP contribution >= 0.6 is 0 Å². The molecule has 1 saturated heterocycles. The first-order valence-electron chi connectivity index (χ1n) is 9.62. The Hall–Kier alpha value is -2.87. The zero-order valence-electron chi connectivity index (χ0n) is 15.9. The zero-order valence-corrected chi connectivity index (χ0v) is 16.7. The fourth-order valence-electron chi connectivity index (χ4n) is 3.64. The molecule has 0 radical (unpaired) electrons. The molecule has 29 heavy (non-hydrogen) atoms. The number of hydrogen-bond donors (Lipinski definition) is 0. The second-order valence-electron chi connectivity index (χ2n) is 6.92. The highest BCUT2D eigenvalue weighted by Gasteiger charge is 2.38. The minimum absolute atomic E-state index is 0.124. The Bertz CT molecular complexity index is 1020. The molecule has 0 aliphatic carbocycles. The van der Waals surface area contributed by atoms with Gasteiger partial charge in [-0.15, -0.1) is 4.40 Å². The lowest BCUT2D eigenvalue weighted by Crippen LogP contribution is -2.48. The average Bonchev–Trinajstić information content (AvgIpc) is 3.03. The van der Waals surface area contributed by atoms with E-state index >= 15 is 0 Å². The maximum atomic E-state index is 12.7. The van der Waals surface area contributed by atoms with Gasteiger partial charge in [0, 0.05) is 12.1 Å². The molecular formula is C21H22N2O5S. The molecule has 0 amide bonds. The summed E-state index contributed by atoms with van der Waals surface area (Å²) in [5.41, 5.74) is 0.541. The summed E-state index contributed by atoms with van der Waals surface area (Å²) in [5, 5.41) is 0. The topological polar surface area (TPSA) is 85.3 Å². The van der Waals surface area contributed by atoms with Crippen LogP contribution in [0.3, 0.4) is 0 Å². The molecule has 2 aliphatic heterocycles. The van der Waals surface area contributed by atoms with Crippen LogP contribution in [0.4, 0.5) is 0 Å². The van der Waals surface area contributed by atoms with Crippen molar-refractivity contribution in [2.75, 3.05) is 19.8 Å². The lowest BCUT2D eigenvalue weighted by atomic mass is 10.0. The fraction of sp³-hybridized carbons (Fsp3) is 0.333. The zero-order chi connectivity index (χ0) is 20.3. The number of carbonyl (C=O) groups excluding carboxylic acids is 1. The standard InChI is InChI=1S/C21H22N2O5S/c24-21(28-15-14-27-16-8-2-1-3-9-16)18-11-6-7-13-23(18)20-17-10-4-5-12-19(17)29(25,26)22-20/h1-5,8-10,12,18H,6-7,11,13-15H2/t18-/m1/s1. The number of ether oxygens (including phenoxy) is 2. The molecule has 4 rings (SSSR count). The third-order valence-electron chi connectivity index (χ3n) is 5.00. The van der Waals surface area contributed by atoms with Gasteiger partial charge in [-0.05, 0) is 43.5 Å². The van der Waals surface area contributed by atoms with Gasteiger partial charge in [0.1, 0.15) is 29.9 Å². The number of rotatable bonds is 5. The molecule has 2 heterocycles. The number of sulfonamides is 1. The number of likely N-dealkylation sites (tertiary alicyclic amines) is 1. The minimum atomic E-state index is -3.73. The number of hydrogen-bond acceptors (Lipinski definition) is 6. The number of amidine groups is 1. The number of nitrogens with zero attached hydrogens (tertiary/aromatic N) is 2. The van der Waals surface area contributed by atoms with Crippen molar-refractivity contribution in [1.29, 1.82) is 0 Å². The van der Waals surface area contributed by atoms with Crippen LogP contribution < -0.4 is 4.74 Å². The van der Waals surface area contributed by atoms with Gasteiger partial charge < -0.3 is 14.4 Å². The van der Waals surface area contributed by atoms with E-state index in [0.29, 0.717) is 30.1 Å². The van der Waals surface area contributed by atoms with Crippen LogP contribution in [-0.4, -0.2) is 50.9 Å². The summed E-state index contributed by atoms with van der Waals surface area (Å²) in [5.74, 6) is 0.665. The Morgan fingerprint density at radius 3 is 2.62 bits per heavy atom. The summed E-state index contributed by atoms with van der Waals surface area (Å²) in [7, 11) is -3.73. The summed E-state index contributed by atoms with van der Waals surface area (Å²) < 4.78 is 39.7. The van der Waals surface area contributed by atoms with Crippen LogP contribution in [0, 0.1) is 0 Å². The molecule has 0 bridgehead atoms. The van der Waals surface area contributed by atoms with E-state index in [-0.39, 0.29) is 24.1 Å². The highest BCUT2D eigenvalue weighted by atomic mass is 32.2. The Labute approximate surface area is 170 Å². The summed E-state index contributed by atoms with van der Waals surface area (Å²) in [6.45, 7) is 0.934. The molecule has 0 N–H and O–H groups in total. The van der Waals surface area contributed by atoms with E-state index in [1.807, 2.05) is 30.3 Å². The van der Waals surface area contributed by atoms with Gasteiger partial charge in [-0.25, -0.2) is 4.79 Å². The van der Waals surface area contributed by atoms with Gasteiger partial charge in [-0.1, -0.05) is 30.3 Å². The molecule has 7 nitrogen and oxygen atoms in total.